The number of nitrogens with zero attached hydrogens (tertiary/aromatic N) is 2. The molecule has 5 heteroatoms. The minimum atomic E-state index is -0.625. The third kappa shape index (κ3) is 3.26. The van der Waals surface area contributed by atoms with E-state index in [-0.39, 0.29) is 22.4 Å². The molecule has 1 aliphatic heterocycles. The summed E-state index contributed by atoms with van der Waals surface area (Å²) in [5.74, 6) is 1.21. The first kappa shape index (κ1) is 23.0. The maximum atomic E-state index is 12.4. The van der Waals surface area contributed by atoms with Crippen LogP contribution in [0.1, 0.15) is 76.7 Å². The van der Waals surface area contributed by atoms with Gasteiger partial charge in [-0.1, -0.05) is 25.5 Å². The number of rotatable bonds is 2. The van der Waals surface area contributed by atoms with Crippen molar-refractivity contribution in [2.45, 2.75) is 82.8 Å². The molecule has 0 bridgehead atoms. The second-order valence-corrected chi connectivity index (χ2v) is 12.7. The van der Waals surface area contributed by atoms with Crippen LogP contribution in [0.2, 0.25) is 0 Å². The van der Waals surface area contributed by atoms with Gasteiger partial charge in [0.25, 0.3) is 0 Å². The Labute approximate surface area is 204 Å². The fraction of sp³-hybridized carbons (Fsp3) is 0.759. The Hall–Kier alpha value is -1.43. The average molecular weight is 467 g/mol. The zero-order chi connectivity index (χ0) is 23.7. The summed E-state index contributed by atoms with van der Waals surface area (Å²) in [6, 6.07) is 4.08. The maximum absolute atomic E-state index is 12.4. The number of hydrogen-bond donors (Lipinski definition) is 1. The molecule has 186 valence electrons. The van der Waals surface area contributed by atoms with Gasteiger partial charge in [0, 0.05) is 43.7 Å². The van der Waals surface area contributed by atoms with E-state index in [4.69, 9.17) is 4.42 Å². The fourth-order valence-electron chi connectivity index (χ4n) is 9.22. The van der Waals surface area contributed by atoms with Gasteiger partial charge in [0.05, 0.1) is 11.9 Å². The summed E-state index contributed by atoms with van der Waals surface area (Å²) >= 11 is 0. The Bertz CT molecular complexity index is 1010. The van der Waals surface area contributed by atoms with E-state index >= 15 is 0 Å². The Morgan fingerprint density at radius 2 is 1.76 bits per heavy atom. The van der Waals surface area contributed by atoms with E-state index in [1.807, 2.05) is 6.07 Å². The Kier molecular flexibility index (Phi) is 5.44. The SMILES string of the molecule is CN1CCN([C@@H]2C=C3CC[C@@H]4[C@H](CC[C@]5(C)[C@@H](c6ccc(=O)oc6)CC[C@]45O)[C@@]3(C)CC2)CC1. The molecular formula is C29H42N2O3. The van der Waals surface area contributed by atoms with Crippen LogP contribution in [-0.4, -0.2) is 59.8 Å². The number of fused-ring (bicyclic) bond motifs is 5. The summed E-state index contributed by atoms with van der Waals surface area (Å²) in [6.45, 7) is 9.59. The molecule has 0 radical (unpaired) electrons. The highest BCUT2D eigenvalue weighted by molar-refractivity contribution is 5.31. The van der Waals surface area contributed by atoms with Crippen LogP contribution in [0.25, 0.3) is 0 Å². The zero-order valence-corrected chi connectivity index (χ0v) is 21.3. The summed E-state index contributed by atoms with van der Waals surface area (Å²) in [6.07, 6.45) is 13.2. The maximum Gasteiger partial charge on any atom is 0.335 e. The van der Waals surface area contributed by atoms with Crippen LogP contribution in [0.4, 0.5) is 0 Å². The van der Waals surface area contributed by atoms with E-state index in [2.05, 4.69) is 36.8 Å². The van der Waals surface area contributed by atoms with Gasteiger partial charge in [-0.25, -0.2) is 4.79 Å². The van der Waals surface area contributed by atoms with Crippen molar-refractivity contribution >= 4 is 0 Å². The summed E-state index contributed by atoms with van der Waals surface area (Å²) < 4.78 is 5.24. The van der Waals surface area contributed by atoms with E-state index < -0.39 is 5.60 Å². The van der Waals surface area contributed by atoms with E-state index in [0.29, 0.717) is 17.9 Å². The number of hydrogen-bond acceptors (Lipinski definition) is 5. The topological polar surface area (TPSA) is 56.9 Å². The van der Waals surface area contributed by atoms with Gasteiger partial charge in [0.1, 0.15) is 0 Å². The molecule has 2 heterocycles. The molecule has 34 heavy (non-hydrogen) atoms. The third-order valence-corrected chi connectivity index (χ3v) is 11.4. The molecule has 4 aliphatic carbocycles. The summed E-state index contributed by atoms with van der Waals surface area (Å²) in [4.78, 5) is 16.7. The number of aliphatic hydroxyl groups is 1. The van der Waals surface area contributed by atoms with Crippen LogP contribution in [0, 0.1) is 22.7 Å². The summed E-state index contributed by atoms with van der Waals surface area (Å²) in [5.41, 5.74) is 1.95. The predicted octanol–water partition coefficient (Wildman–Crippen LogP) is 4.42. The first-order chi connectivity index (χ1) is 16.2. The van der Waals surface area contributed by atoms with Crippen LogP contribution in [-0.2, 0) is 0 Å². The van der Waals surface area contributed by atoms with Crippen LogP contribution in [0.15, 0.2) is 39.3 Å². The number of likely N-dealkylation sites (N-methyl/N-ethyl adjacent to an activating group) is 1. The average Bonchev–Trinajstić information content (AvgIpc) is 3.11. The van der Waals surface area contributed by atoms with Gasteiger partial charge in [0.2, 0.25) is 0 Å². The molecule has 5 aliphatic rings. The molecule has 1 aromatic rings. The molecule has 5 nitrogen and oxygen atoms in total. The number of piperazine rings is 1. The van der Waals surface area contributed by atoms with E-state index in [1.165, 1.54) is 45.4 Å². The van der Waals surface area contributed by atoms with Crippen molar-refractivity contribution in [3.05, 3.63) is 46.0 Å². The second-order valence-electron chi connectivity index (χ2n) is 12.7. The van der Waals surface area contributed by atoms with Gasteiger partial charge in [-0.05, 0) is 93.2 Å². The third-order valence-electron chi connectivity index (χ3n) is 11.4. The van der Waals surface area contributed by atoms with Gasteiger partial charge in [-0.2, -0.15) is 0 Å². The molecule has 1 N–H and O–H groups in total. The highest BCUT2D eigenvalue weighted by atomic mass is 16.4. The van der Waals surface area contributed by atoms with Crippen molar-refractivity contribution < 1.29 is 9.52 Å². The fourth-order valence-corrected chi connectivity index (χ4v) is 9.22. The first-order valence-electron chi connectivity index (χ1n) is 13.7. The van der Waals surface area contributed by atoms with E-state index in [9.17, 15) is 9.90 Å². The molecule has 0 unspecified atom stereocenters. The molecule has 0 spiro atoms. The number of allylic oxidation sites excluding steroid dienone is 1. The Morgan fingerprint density at radius 3 is 2.50 bits per heavy atom. The van der Waals surface area contributed by atoms with Crippen LogP contribution < -0.4 is 5.63 Å². The minimum Gasteiger partial charge on any atom is -0.431 e. The summed E-state index contributed by atoms with van der Waals surface area (Å²) in [5, 5.41) is 12.4. The van der Waals surface area contributed by atoms with Crippen molar-refractivity contribution in [3.63, 3.8) is 0 Å². The molecule has 4 fully saturated rings. The molecule has 0 aromatic carbocycles. The van der Waals surface area contributed by atoms with Gasteiger partial charge in [-0.3, -0.25) is 4.90 Å². The standard InChI is InChI=1S/C29H42N2O3/c1-27-11-8-22(31-16-14-30(3)15-17-31)18-21(27)5-6-25-24(27)9-12-28(2)23(10-13-29(25,28)33)20-4-7-26(32)34-19-20/h4,7,18-19,22-25,33H,5-6,8-17H2,1-3H3/t22-,23+,24-,25+,27-,28+,29-/m0/s1. The first-order valence-corrected chi connectivity index (χ1v) is 13.7. The van der Waals surface area contributed by atoms with Crippen molar-refractivity contribution in [2.24, 2.45) is 22.7 Å². The highest BCUT2D eigenvalue weighted by Crippen LogP contribution is 2.70. The molecular weight excluding hydrogens is 424 g/mol. The molecule has 0 amide bonds. The van der Waals surface area contributed by atoms with Crippen LogP contribution in [0.5, 0.6) is 0 Å². The molecule has 6 rings (SSSR count). The molecule has 1 aromatic heterocycles. The molecule has 7 atom stereocenters. The van der Waals surface area contributed by atoms with Crippen molar-refractivity contribution in [1.29, 1.82) is 0 Å². The largest absolute Gasteiger partial charge is 0.431 e. The van der Waals surface area contributed by atoms with Crippen LogP contribution >= 0.6 is 0 Å². The van der Waals surface area contributed by atoms with Crippen LogP contribution in [0.3, 0.4) is 0 Å². The lowest BCUT2D eigenvalue weighted by molar-refractivity contribution is -0.177. The Morgan fingerprint density at radius 1 is 0.971 bits per heavy atom. The monoisotopic (exact) mass is 466 g/mol. The highest BCUT2D eigenvalue weighted by Gasteiger charge is 2.66. The van der Waals surface area contributed by atoms with Gasteiger partial charge in [0.15, 0.2) is 0 Å². The van der Waals surface area contributed by atoms with Crippen molar-refractivity contribution in [1.82, 2.24) is 9.80 Å². The minimum absolute atomic E-state index is 0.150. The molecule has 3 saturated carbocycles. The predicted molar refractivity (Wildman–Crippen MR) is 134 cm³/mol. The van der Waals surface area contributed by atoms with Crippen molar-refractivity contribution in [3.8, 4) is 0 Å². The zero-order valence-electron chi connectivity index (χ0n) is 21.3. The lowest BCUT2D eigenvalue weighted by atomic mass is 9.45. The van der Waals surface area contributed by atoms with E-state index in [0.717, 1.165) is 37.7 Å². The lowest BCUT2D eigenvalue weighted by Gasteiger charge is -2.62. The normalized spacial score (nSPS) is 45.2. The molecule has 1 saturated heterocycles. The Balaban J connectivity index is 1.26. The van der Waals surface area contributed by atoms with E-state index in [1.54, 1.807) is 17.9 Å². The van der Waals surface area contributed by atoms with Gasteiger partial charge >= 0.3 is 5.63 Å². The van der Waals surface area contributed by atoms with Gasteiger partial charge in [-0.15, -0.1) is 0 Å². The van der Waals surface area contributed by atoms with Gasteiger partial charge < -0.3 is 14.4 Å². The lowest BCUT2D eigenvalue weighted by Crippen LogP contribution is -2.60. The summed E-state index contributed by atoms with van der Waals surface area (Å²) in [7, 11) is 2.23. The smallest absolute Gasteiger partial charge is 0.335 e. The quantitative estimate of drug-likeness (QED) is 0.654. The second kappa shape index (κ2) is 8.04. The van der Waals surface area contributed by atoms with Crippen molar-refractivity contribution in [2.75, 3.05) is 33.2 Å².